The van der Waals surface area contributed by atoms with E-state index in [2.05, 4.69) is 5.32 Å². The van der Waals surface area contributed by atoms with Crippen LogP contribution in [-0.4, -0.2) is 22.0 Å². The number of anilines is 1. The molecule has 104 valence electrons. The Morgan fingerprint density at radius 2 is 2.16 bits per heavy atom. The van der Waals surface area contributed by atoms with Gasteiger partial charge in [0.15, 0.2) is 0 Å². The van der Waals surface area contributed by atoms with E-state index in [1.165, 1.54) is 0 Å². The van der Waals surface area contributed by atoms with Gasteiger partial charge < -0.3 is 10.4 Å². The van der Waals surface area contributed by atoms with E-state index in [1.807, 2.05) is 0 Å². The maximum Gasteiger partial charge on any atom is 0.327 e. The molecular weight excluding hydrogens is 262 g/mol. The van der Waals surface area contributed by atoms with E-state index in [4.69, 9.17) is 5.11 Å². The number of nitro groups is 1. The minimum absolute atomic E-state index is 0.153. The summed E-state index contributed by atoms with van der Waals surface area (Å²) in [5.74, 6) is -3.25. The number of carbonyl (C=O) groups is 1. The summed E-state index contributed by atoms with van der Waals surface area (Å²) in [4.78, 5) is 20.1. The van der Waals surface area contributed by atoms with Crippen LogP contribution >= 0.6 is 0 Å². The molecule has 19 heavy (non-hydrogen) atoms. The fraction of sp³-hybridized carbons (Fsp3) is 0.364. The van der Waals surface area contributed by atoms with E-state index in [0.29, 0.717) is 6.07 Å². The molecule has 0 radical (unpaired) electrons. The van der Waals surface area contributed by atoms with Crippen molar-refractivity contribution in [2.75, 3.05) is 5.32 Å². The molecule has 0 spiro atoms. The molecule has 0 fully saturated rings. The van der Waals surface area contributed by atoms with Crippen LogP contribution < -0.4 is 5.32 Å². The molecule has 0 aromatic heterocycles. The first kappa shape index (κ1) is 14.8. The monoisotopic (exact) mass is 274 g/mol. The predicted octanol–water partition coefficient (Wildman–Crippen LogP) is 2.54. The van der Waals surface area contributed by atoms with Crippen LogP contribution in [0.2, 0.25) is 0 Å². The lowest BCUT2D eigenvalue weighted by Crippen LogP contribution is -2.18. The molecule has 1 rings (SSSR count). The van der Waals surface area contributed by atoms with Crippen molar-refractivity contribution in [3.63, 3.8) is 0 Å². The van der Waals surface area contributed by atoms with Crippen LogP contribution in [0.5, 0.6) is 0 Å². The Morgan fingerprint density at radius 1 is 1.53 bits per heavy atom. The number of halogens is 2. The molecule has 0 saturated carbocycles. The summed E-state index contributed by atoms with van der Waals surface area (Å²) in [6.45, 7) is 1.56. The molecule has 8 heteroatoms. The fourth-order valence-corrected chi connectivity index (χ4v) is 1.54. The number of aliphatic carboxylic acids is 1. The molecule has 0 aliphatic carbocycles. The highest BCUT2D eigenvalue weighted by Gasteiger charge is 2.23. The number of nitrogens with zero attached hydrogens (tertiary/aromatic N) is 1. The summed E-state index contributed by atoms with van der Waals surface area (Å²) in [5.41, 5.74) is -1.16. The van der Waals surface area contributed by atoms with Gasteiger partial charge in [-0.05, 0) is 13.3 Å². The normalized spacial score (nSPS) is 11.9. The van der Waals surface area contributed by atoms with Gasteiger partial charge in [-0.1, -0.05) is 0 Å². The molecule has 0 aliphatic heterocycles. The van der Waals surface area contributed by atoms with Crippen molar-refractivity contribution < 1.29 is 23.6 Å². The SMILES string of the molecule is CC(CCC(=O)O)Nc1cc(F)cc(F)c1[N+](=O)[O-]. The number of carboxylic acids is 1. The van der Waals surface area contributed by atoms with E-state index >= 15 is 0 Å². The fourth-order valence-electron chi connectivity index (χ4n) is 1.54. The first-order chi connectivity index (χ1) is 8.81. The first-order valence-corrected chi connectivity index (χ1v) is 5.43. The number of hydrogen-bond donors (Lipinski definition) is 2. The topological polar surface area (TPSA) is 92.5 Å². The third-order valence-corrected chi connectivity index (χ3v) is 2.40. The number of nitrogens with one attached hydrogen (secondary N) is 1. The highest BCUT2D eigenvalue weighted by Crippen LogP contribution is 2.29. The second-order valence-electron chi connectivity index (χ2n) is 4.02. The van der Waals surface area contributed by atoms with Crippen molar-refractivity contribution in [2.24, 2.45) is 0 Å². The highest BCUT2D eigenvalue weighted by molar-refractivity contribution is 5.67. The van der Waals surface area contributed by atoms with E-state index in [-0.39, 0.29) is 18.5 Å². The Kier molecular flexibility index (Phi) is 4.74. The summed E-state index contributed by atoms with van der Waals surface area (Å²) >= 11 is 0. The smallest absolute Gasteiger partial charge is 0.327 e. The van der Waals surface area contributed by atoms with Gasteiger partial charge in [-0.3, -0.25) is 14.9 Å². The molecule has 1 unspecified atom stereocenters. The quantitative estimate of drug-likeness (QED) is 0.614. The number of benzene rings is 1. The molecular formula is C11H12F2N2O4. The third-order valence-electron chi connectivity index (χ3n) is 2.40. The van der Waals surface area contributed by atoms with E-state index in [9.17, 15) is 23.7 Å². The Balaban J connectivity index is 2.93. The maximum absolute atomic E-state index is 13.3. The highest BCUT2D eigenvalue weighted by atomic mass is 19.1. The average Bonchev–Trinajstić information content (AvgIpc) is 2.24. The van der Waals surface area contributed by atoms with E-state index in [1.54, 1.807) is 6.92 Å². The van der Waals surface area contributed by atoms with Crippen molar-refractivity contribution in [3.05, 3.63) is 33.9 Å². The Hall–Kier alpha value is -2.25. The Labute approximate surface area is 107 Å². The molecule has 2 N–H and O–H groups in total. The first-order valence-electron chi connectivity index (χ1n) is 5.43. The van der Waals surface area contributed by atoms with Gasteiger partial charge in [0.25, 0.3) is 0 Å². The van der Waals surface area contributed by atoms with Crippen molar-refractivity contribution >= 4 is 17.3 Å². The number of carboxylic acid groups (broad SMARTS) is 1. The zero-order valence-electron chi connectivity index (χ0n) is 10.0. The van der Waals surface area contributed by atoms with Crippen LogP contribution in [0.15, 0.2) is 12.1 Å². The minimum Gasteiger partial charge on any atom is -0.481 e. The molecule has 1 atom stereocenters. The second kappa shape index (κ2) is 6.07. The van der Waals surface area contributed by atoms with Crippen molar-refractivity contribution in [2.45, 2.75) is 25.8 Å². The zero-order chi connectivity index (χ0) is 14.6. The largest absolute Gasteiger partial charge is 0.481 e. The molecule has 6 nitrogen and oxygen atoms in total. The van der Waals surface area contributed by atoms with Crippen LogP contribution in [0, 0.1) is 21.7 Å². The second-order valence-corrected chi connectivity index (χ2v) is 4.02. The van der Waals surface area contributed by atoms with Crippen molar-refractivity contribution in [1.29, 1.82) is 0 Å². The molecule has 0 amide bonds. The van der Waals surface area contributed by atoms with Gasteiger partial charge in [0, 0.05) is 24.6 Å². The van der Waals surface area contributed by atoms with Gasteiger partial charge in [0.1, 0.15) is 11.5 Å². The molecule has 0 bridgehead atoms. The van der Waals surface area contributed by atoms with Gasteiger partial charge in [0.2, 0.25) is 5.82 Å². The summed E-state index contributed by atoms with van der Waals surface area (Å²) in [5, 5.41) is 21.8. The van der Waals surface area contributed by atoms with Crippen LogP contribution in [-0.2, 0) is 4.79 Å². The lowest BCUT2D eigenvalue weighted by Gasteiger charge is -2.14. The molecule has 0 saturated heterocycles. The third kappa shape index (κ3) is 4.16. The molecule has 1 aromatic carbocycles. The summed E-state index contributed by atoms with van der Waals surface area (Å²) in [6.07, 6.45) is 0.0182. The number of rotatable bonds is 6. The summed E-state index contributed by atoms with van der Waals surface area (Å²) in [6, 6.07) is 0.750. The van der Waals surface area contributed by atoms with Crippen LogP contribution in [0.3, 0.4) is 0 Å². The minimum atomic E-state index is -1.28. The van der Waals surface area contributed by atoms with Gasteiger partial charge in [-0.25, -0.2) is 4.39 Å². The van der Waals surface area contributed by atoms with Crippen molar-refractivity contribution in [3.8, 4) is 0 Å². The molecule has 0 heterocycles. The van der Waals surface area contributed by atoms with E-state index in [0.717, 1.165) is 6.07 Å². The van der Waals surface area contributed by atoms with Gasteiger partial charge in [-0.15, -0.1) is 0 Å². The van der Waals surface area contributed by atoms with Crippen molar-refractivity contribution in [1.82, 2.24) is 0 Å². The van der Waals surface area contributed by atoms with E-state index < -0.39 is 34.3 Å². The lowest BCUT2D eigenvalue weighted by atomic mass is 10.1. The maximum atomic E-state index is 13.3. The number of nitro benzene ring substituents is 1. The lowest BCUT2D eigenvalue weighted by molar-refractivity contribution is -0.386. The summed E-state index contributed by atoms with van der Waals surface area (Å²) in [7, 11) is 0. The van der Waals surface area contributed by atoms with Crippen LogP contribution in [0.25, 0.3) is 0 Å². The number of hydrogen-bond acceptors (Lipinski definition) is 4. The van der Waals surface area contributed by atoms with Gasteiger partial charge >= 0.3 is 11.7 Å². The summed E-state index contributed by atoms with van der Waals surface area (Å²) < 4.78 is 26.3. The van der Waals surface area contributed by atoms with Crippen LogP contribution in [0.1, 0.15) is 19.8 Å². The predicted molar refractivity (Wildman–Crippen MR) is 63.0 cm³/mol. The molecule has 0 aliphatic rings. The van der Waals surface area contributed by atoms with Crippen LogP contribution in [0.4, 0.5) is 20.2 Å². The van der Waals surface area contributed by atoms with Gasteiger partial charge in [0.05, 0.1) is 4.92 Å². The Bertz CT molecular complexity index is 508. The Morgan fingerprint density at radius 3 is 2.68 bits per heavy atom. The molecule has 1 aromatic rings. The standard InChI is InChI=1S/C11H12F2N2O4/c1-6(2-3-10(16)17)14-9-5-7(12)4-8(13)11(9)15(18)19/h4-6,14H,2-3H2,1H3,(H,16,17). The van der Waals surface area contributed by atoms with Gasteiger partial charge in [-0.2, -0.15) is 4.39 Å². The zero-order valence-corrected chi connectivity index (χ0v) is 10.0. The average molecular weight is 274 g/mol.